The smallest absolute Gasteiger partial charge is 0.305 e. The highest BCUT2D eigenvalue weighted by Gasteiger charge is 2.44. The highest BCUT2D eigenvalue weighted by molar-refractivity contribution is 5.76. The summed E-state index contributed by atoms with van der Waals surface area (Å²) in [5.41, 5.74) is 0. The van der Waals surface area contributed by atoms with E-state index >= 15 is 0 Å². The number of aliphatic hydroxyl groups is 5. The van der Waals surface area contributed by atoms with Gasteiger partial charge in [-0.3, -0.25) is 9.59 Å². The Balaban J connectivity index is 1.94. The van der Waals surface area contributed by atoms with E-state index in [1.165, 1.54) is 193 Å². The molecule has 0 aliphatic carbocycles. The van der Waals surface area contributed by atoms with Crippen molar-refractivity contribution in [3.8, 4) is 0 Å². The lowest BCUT2D eigenvalue weighted by atomic mass is 9.99. The molecule has 0 radical (unpaired) electrons. The van der Waals surface area contributed by atoms with Crippen LogP contribution in [0.1, 0.15) is 296 Å². The predicted octanol–water partition coefficient (Wildman–Crippen LogP) is 17.3. The zero-order valence-corrected chi connectivity index (χ0v) is 53.1. The molecule has 1 aliphatic rings. The second-order valence-corrected chi connectivity index (χ2v) is 23.5. The number of amides is 1. The van der Waals surface area contributed by atoms with E-state index in [-0.39, 0.29) is 18.5 Å². The third-order valence-corrected chi connectivity index (χ3v) is 15.8. The third-order valence-electron chi connectivity index (χ3n) is 15.8. The Labute approximate surface area is 508 Å². The lowest BCUT2D eigenvalue weighted by Gasteiger charge is -2.40. The molecule has 11 nitrogen and oxygen atoms in total. The van der Waals surface area contributed by atoms with Crippen molar-refractivity contribution in [1.82, 2.24) is 5.32 Å². The molecule has 7 unspecified atom stereocenters. The van der Waals surface area contributed by atoms with Gasteiger partial charge in [-0.05, 0) is 116 Å². The normalized spacial score (nSPS) is 18.7. The minimum absolute atomic E-state index is 0.0101. The average molecular weight is 1170 g/mol. The predicted molar refractivity (Wildman–Crippen MR) is 347 cm³/mol. The molecular weight excluding hydrogens is 1040 g/mol. The molecule has 1 aliphatic heterocycles. The highest BCUT2D eigenvalue weighted by Crippen LogP contribution is 2.23. The molecule has 0 aromatic carbocycles. The molecule has 0 aromatic rings. The minimum atomic E-state index is -1.58. The fraction of sp³-hybridized carbons (Fsp3) is 0.778. The molecule has 7 atom stereocenters. The fourth-order valence-corrected chi connectivity index (χ4v) is 10.4. The van der Waals surface area contributed by atoms with Crippen LogP contribution in [0, 0.1) is 0 Å². The summed E-state index contributed by atoms with van der Waals surface area (Å²) in [4.78, 5) is 25.1. The van der Waals surface area contributed by atoms with Crippen molar-refractivity contribution in [3.05, 3.63) is 85.1 Å². The molecule has 1 saturated heterocycles. The van der Waals surface area contributed by atoms with E-state index in [1.54, 1.807) is 6.08 Å². The van der Waals surface area contributed by atoms with E-state index in [4.69, 9.17) is 14.2 Å². The summed E-state index contributed by atoms with van der Waals surface area (Å²) < 4.78 is 16.7. The van der Waals surface area contributed by atoms with Gasteiger partial charge in [0, 0.05) is 12.8 Å². The van der Waals surface area contributed by atoms with Gasteiger partial charge in [0.2, 0.25) is 5.91 Å². The van der Waals surface area contributed by atoms with Gasteiger partial charge in [0.05, 0.1) is 32.0 Å². The first-order valence-corrected chi connectivity index (χ1v) is 34.3. The van der Waals surface area contributed by atoms with Gasteiger partial charge in [0.25, 0.3) is 0 Å². The van der Waals surface area contributed by atoms with Crippen LogP contribution in [0.3, 0.4) is 0 Å². The molecule has 6 N–H and O–H groups in total. The van der Waals surface area contributed by atoms with Crippen LogP contribution >= 0.6 is 0 Å². The summed E-state index contributed by atoms with van der Waals surface area (Å²) >= 11 is 0. The second-order valence-electron chi connectivity index (χ2n) is 23.5. The van der Waals surface area contributed by atoms with Gasteiger partial charge in [-0.25, -0.2) is 0 Å². The molecule has 1 heterocycles. The number of allylic oxidation sites excluding steroid dienone is 13. The average Bonchev–Trinajstić information content (AvgIpc) is 3.57. The molecular formula is C72H127NO10. The first-order valence-electron chi connectivity index (χ1n) is 34.3. The van der Waals surface area contributed by atoms with Crippen LogP contribution < -0.4 is 5.32 Å². The number of unbranched alkanes of at least 4 members (excludes halogenated alkanes) is 34. The summed E-state index contributed by atoms with van der Waals surface area (Å²) in [7, 11) is 0. The van der Waals surface area contributed by atoms with E-state index in [0.717, 1.165) is 77.0 Å². The topological polar surface area (TPSA) is 175 Å². The van der Waals surface area contributed by atoms with Gasteiger partial charge in [0.1, 0.15) is 24.4 Å². The van der Waals surface area contributed by atoms with Crippen molar-refractivity contribution < 1.29 is 49.3 Å². The van der Waals surface area contributed by atoms with Crippen molar-refractivity contribution in [3.63, 3.8) is 0 Å². The third kappa shape index (κ3) is 49.6. The number of rotatable bonds is 59. The van der Waals surface area contributed by atoms with Crippen LogP contribution in [0.2, 0.25) is 0 Å². The van der Waals surface area contributed by atoms with Crippen molar-refractivity contribution >= 4 is 11.9 Å². The molecule has 1 amide bonds. The van der Waals surface area contributed by atoms with Crippen LogP contribution in [-0.4, -0.2) is 100 Å². The standard InChI is InChI=1S/C72H127NO10/c1-3-5-7-9-11-13-14-15-33-37-40-44-48-52-56-60-68(77)81-61-57-53-49-45-41-38-35-32-30-28-26-24-22-20-18-16-17-19-21-23-25-27-29-31-34-36-39-43-47-51-55-59-67(76)73-64(65(75)58-54-50-46-42-12-10-8-6-4-2)63-82-72-71(80)70(79)69(78)66(62-74)83-72/h4,6,11-13,15,18,20,24,26,33,42,54,58,64-66,69-72,74-75,78-80H,3,5,7-10,14,16-17,19,21-23,25,27-32,34-41,43-53,55-57,59-63H2,1-2H3,(H,73,76)/b6-4+,13-11-,20-18-,26-24-,33-15-,42-12+,58-54+. The van der Waals surface area contributed by atoms with Gasteiger partial charge >= 0.3 is 5.97 Å². The van der Waals surface area contributed by atoms with Crippen LogP contribution in [0.25, 0.3) is 0 Å². The van der Waals surface area contributed by atoms with Crippen LogP contribution in [0.5, 0.6) is 0 Å². The van der Waals surface area contributed by atoms with E-state index in [2.05, 4.69) is 79.1 Å². The number of carbonyl (C=O) groups excluding carboxylic acids is 2. The minimum Gasteiger partial charge on any atom is -0.466 e. The van der Waals surface area contributed by atoms with Crippen LogP contribution in [-0.2, 0) is 23.8 Å². The molecule has 1 fully saturated rings. The first-order chi connectivity index (χ1) is 40.7. The maximum absolute atomic E-state index is 13.0. The zero-order chi connectivity index (χ0) is 60.2. The van der Waals surface area contributed by atoms with Crippen molar-refractivity contribution in [2.24, 2.45) is 0 Å². The Morgan fingerprint density at radius 2 is 0.867 bits per heavy atom. The summed E-state index contributed by atoms with van der Waals surface area (Å²) in [6.07, 6.45) is 73.2. The first kappa shape index (κ1) is 77.9. The Hall–Kier alpha value is -3.16. The summed E-state index contributed by atoms with van der Waals surface area (Å²) in [6.45, 7) is 4.06. The molecule has 480 valence electrons. The second kappa shape index (κ2) is 60.5. The number of hydrogen-bond acceptors (Lipinski definition) is 10. The van der Waals surface area contributed by atoms with Gasteiger partial charge < -0.3 is 45.1 Å². The van der Waals surface area contributed by atoms with Crippen molar-refractivity contribution in [2.75, 3.05) is 19.8 Å². The number of esters is 1. The number of aliphatic hydroxyl groups excluding tert-OH is 5. The Morgan fingerprint density at radius 1 is 0.470 bits per heavy atom. The van der Waals surface area contributed by atoms with E-state index in [0.29, 0.717) is 19.4 Å². The summed E-state index contributed by atoms with van der Waals surface area (Å²) in [5, 5.41) is 54.2. The molecule has 83 heavy (non-hydrogen) atoms. The largest absolute Gasteiger partial charge is 0.466 e. The molecule has 11 heteroatoms. The molecule has 0 bridgehead atoms. The Kier molecular flexibility index (Phi) is 56.8. The van der Waals surface area contributed by atoms with Crippen LogP contribution in [0.15, 0.2) is 85.1 Å². The van der Waals surface area contributed by atoms with E-state index in [9.17, 15) is 35.1 Å². The summed E-state index contributed by atoms with van der Waals surface area (Å²) in [5.74, 6) is -0.210. The zero-order valence-electron chi connectivity index (χ0n) is 53.1. The Morgan fingerprint density at radius 3 is 1.33 bits per heavy atom. The number of nitrogens with one attached hydrogen (secondary N) is 1. The lowest BCUT2D eigenvalue weighted by molar-refractivity contribution is -0.302. The monoisotopic (exact) mass is 1170 g/mol. The summed E-state index contributed by atoms with van der Waals surface area (Å²) in [6, 6.07) is -0.835. The maximum atomic E-state index is 13.0. The lowest BCUT2D eigenvalue weighted by Crippen LogP contribution is -2.60. The molecule has 0 saturated carbocycles. The maximum Gasteiger partial charge on any atom is 0.305 e. The van der Waals surface area contributed by atoms with Gasteiger partial charge in [-0.15, -0.1) is 0 Å². The highest BCUT2D eigenvalue weighted by atomic mass is 16.7. The van der Waals surface area contributed by atoms with Crippen molar-refractivity contribution in [2.45, 2.75) is 339 Å². The van der Waals surface area contributed by atoms with E-state index in [1.807, 2.05) is 19.1 Å². The Bertz CT molecular complexity index is 1650. The quantitative estimate of drug-likeness (QED) is 0.0195. The number of carbonyl (C=O) groups is 2. The number of ether oxygens (including phenoxy) is 3. The molecule has 0 aromatic heterocycles. The van der Waals surface area contributed by atoms with Crippen LogP contribution in [0.4, 0.5) is 0 Å². The van der Waals surface area contributed by atoms with Crippen molar-refractivity contribution in [1.29, 1.82) is 0 Å². The van der Waals surface area contributed by atoms with Gasteiger partial charge in [-0.1, -0.05) is 253 Å². The van der Waals surface area contributed by atoms with Gasteiger partial charge in [0.15, 0.2) is 6.29 Å². The molecule has 0 spiro atoms. The molecule has 1 rings (SSSR count). The van der Waals surface area contributed by atoms with E-state index < -0.39 is 49.5 Å². The number of hydrogen-bond donors (Lipinski definition) is 6. The fourth-order valence-electron chi connectivity index (χ4n) is 10.4. The SMILES string of the molecule is C/C=C/CC/C=C/CC/C=C/C(O)C(COC1OC(CO)C(O)C(O)C1O)NC(=O)CCCCCCCCCCCCCCCCC/C=C\C/C=C\CCCCCCCCCCCOC(=O)CCCCCCC/C=C\C/C=C\CCCCC. The van der Waals surface area contributed by atoms with Gasteiger partial charge in [-0.2, -0.15) is 0 Å².